The first kappa shape index (κ1) is 10.8. The molecule has 1 N–H and O–H groups in total. The fourth-order valence-electron chi connectivity index (χ4n) is 2.03. The summed E-state index contributed by atoms with van der Waals surface area (Å²) in [5.41, 5.74) is 2.18. The Bertz CT molecular complexity index is 503. The highest BCUT2D eigenvalue weighted by atomic mass is 16.2. The second kappa shape index (κ2) is 4.90. The summed E-state index contributed by atoms with van der Waals surface area (Å²) < 4.78 is 0. The minimum absolute atomic E-state index is 0.150. The molecule has 0 amide bonds. The fourth-order valence-corrected chi connectivity index (χ4v) is 2.03. The predicted molar refractivity (Wildman–Crippen MR) is 64.5 cm³/mol. The lowest BCUT2D eigenvalue weighted by atomic mass is 9.97. The van der Waals surface area contributed by atoms with Crippen molar-refractivity contribution in [3.63, 3.8) is 0 Å². The predicted octanol–water partition coefficient (Wildman–Crippen LogP) is 2.12. The second-order valence-corrected chi connectivity index (χ2v) is 3.77. The maximum Gasteiger partial charge on any atom is 0.124 e. The van der Waals surface area contributed by atoms with Gasteiger partial charge in [0.05, 0.1) is 0 Å². The summed E-state index contributed by atoms with van der Waals surface area (Å²) in [6.07, 6.45) is 2.02. The molecule has 2 heteroatoms. The number of benzene rings is 2. The molecule has 0 aliphatic carbocycles. The van der Waals surface area contributed by atoms with E-state index in [4.69, 9.17) is 5.11 Å². The lowest BCUT2D eigenvalue weighted by Gasteiger charge is -2.08. The van der Waals surface area contributed by atoms with E-state index in [9.17, 15) is 4.79 Å². The number of carbonyl (C=O) groups is 1. The van der Waals surface area contributed by atoms with Crippen LogP contribution in [0.3, 0.4) is 0 Å². The minimum Gasteiger partial charge on any atom is -0.396 e. The highest BCUT2D eigenvalue weighted by Gasteiger charge is 2.04. The number of aldehydes is 1. The second-order valence-electron chi connectivity index (χ2n) is 3.77. The first-order chi connectivity index (χ1) is 7.86. The van der Waals surface area contributed by atoms with Crippen molar-refractivity contribution < 1.29 is 9.90 Å². The van der Waals surface area contributed by atoms with Gasteiger partial charge in [-0.2, -0.15) is 0 Å². The van der Waals surface area contributed by atoms with Gasteiger partial charge >= 0.3 is 0 Å². The molecule has 0 saturated heterocycles. The summed E-state index contributed by atoms with van der Waals surface area (Å²) in [7, 11) is 0. The van der Waals surface area contributed by atoms with E-state index in [-0.39, 0.29) is 6.61 Å². The molecule has 2 aromatic carbocycles. The van der Waals surface area contributed by atoms with Gasteiger partial charge < -0.3 is 9.90 Å². The van der Waals surface area contributed by atoms with Gasteiger partial charge in [0.15, 0.2) is 0 Å². The van der Waals surface area contributed by atoms with Gasteiger partial charge in [-0.25, -0.2) is 0 Å². The maximum absolute atomic E-state index is 10.6. The van der Waals surface area contributed by atoms with Gasteiger partial charge in [-0.15, -0.1) is 0 Å². The third-order valence-corrected chi connectivity index (χ3v) is 2.79. The Hall–Kier alpha value is -1.67. The molecule has 2 nitrogen and oxygen atoms in total. The molecule has 0 heterocycles. The van der Waals surface area contributed by atoms with Crippen LogP contribution in [-0.2, 0) is 17.6 Å². The third kappa shape index (κ3) is 1.97. The summed E-state index contributed by atoms with van der Waals surface area (Å²) in [4.78, 5) is 10.6. The molecule has 0 unspecified atom stereocenters. The molecule has 0 saturated carbocycles. The van der Waals surface area contributed by atoms with Crippen LogP contribution < -0.4 is 0 Å². The molecule has 0 aliphatic rings. The van der Waals surface area contributed by atoms with Crippen LogP contribution in [-0.4, -0.2) is 18.0 Å². The standard InChI is InChI=1S/C14H14O2/c15-9-7-11-5-6-12(8-10-16)14-4-2-1-3-13(11)14/h1-6,9,16H,7-8,10H2. The minimum atomic E-state index is 0.150. The number of hydrogen-bond acceptors (Lipinski definition) is 2. The Morgan fingerprint density at radius 2 is 1.62 bits per heavy atom. The maximum atomic E-state index is 10.6. The van der Waals surface area contributed by atoms with Gasteiger partial charge in [0.2, 0.25) is 0 Å². The van der Waals surface area contributed by atoms with Crippen LogP contribution in [0.15, 0.2) is 36.4 Å². The van der Waals surface area contributed by atoms with Crippen molar-refractivity contribution in [2.45, 2.75) is 12.8 Å². The van der Waals surface area contributed by atoms with Crippen molar-refractivity contribution in [3.05, 3.63) is 47.5 Å². The smallest absolute Gasteiger partial charge is 0.124 e. The molecule has 0 atom stereocenters. The van der Waals surface area contributed by atoms with Gasteiger partial charge in [-0.3, -0.25) is 0 Å². The Morgan fingerprint density at radius 3 is 2.25 bits per heavy atom. The number of rotatable bonds is 4. The fraction of sp³-hybridized carbons (Fsp3) is 0.214. The number of hydrogen-bond donors (Lipinski definition) is 1. The van der Waals surface area contributed by atoms with Crippen molar-refractivity contribution in [1.82, 2.24) is 0 Å². The third-order valence-electron chi connectivity index (χ3n) is 2.79. The Balaban J connectivity index is 2.61. The zero-order valence-corrected chi connectivity index (χ0v) is 9.02. The highest BCUT2D eigenvalue weighted by Crippen LogP contribution is 2.23. The largest absolute Gasteiger partial charge is 0.396 e. The van der Waals surface area contributed by atoms with E-state index < -0.39 is 0 Å². The van der Waals surface area contributed by atoms with Gasteiger partial charge in [0.25, 0.3) is 0 Å². The monoisotopic (exact) mass is 214 g/mol. The Labute approximate surface area is 94.5 Å². The van der Waals surface area contributed by atoms with Crippen LogP contribution in [0, 0.1) is 0 Å². The number of aliphatic hydroxyl groups excluding tert-OH is 1. The van der Waals surface area contributed by atoms with E-state index in [1.54, 1.807) is 0 Å². The van der Waals surface area contributed by atoms with Crippen LogP contribution in [0.4, 0.5) is 0 Å². The van der Waals surface area contributed by atoms with E-state index in [0.29, 0.717) is 12.8 Å². The van der Waals surface area contributed by atoms with E-state index in [1.807, 2.05) is 36.4 Å². The summed E-state index contributed by atoms with van der Waals surface area (Å²) in [5.74, 6) is 0. The van der Waals surface area contributed by atoms with Gasteiger partial charge in [0, 0.05) is 13.0 Å². The molecule has 0 fully saturated rings. The van der Waals surface area contributed by atoms with Gasteiger partial charge in [0.1, 0.15) is 6.29 Å². The summed E-state index contributed by atoms with van der Waals surface area (Å²) in [5, 5.41) is 11.2. The molecule has 2 aromatic rings. The van der Waals surface area contributed by atoms with Crippen LogP contribution in [0.5, 0.6) is 0 Å². The molecule has 0 radical (unpaired) electrons. The molecular formula is C14H14O2. The molecule has 16 heavy (non-hydrogen) atoms. The summed E-state index contributed by atoms with van der Waals surface area (Å²) >= 11 is 0. The molecule has 0 aromatic heterocycles. The SMILES string of the molecule is O=CCc1ccc(CCO)c2ccccc12. The van der Waals surface area contributed by atoms with Crippen molar-refractivity contribution in [2.75, 3.05) is 6.61 Å². The number of carbonyl (C=O) groups excluding carboxylic acids is 1. The Morgan fingerprint density at radius 1 is 1.00 bits per heavy atom. The van der Waals surface area contributed by atoms with E-state index in [1.165, 1.54) is 0 Å². The zero-order chi connectivity index (χ0) is 11.4. The quantitative estimate of drug-likeness (QED) is 0.791. The molecular weight excluding hydrogens is 200 g/mol. The van der Waals surface area contributed by atoms with Gasteiger partial charge in [-0.05, 0) is 28.3 Å². The van der Waals surface area contributed by atoms with E-state index in [2.05, 4.69) is 0 Å². The highest BCUT2D eigenvalue weighted by molar-refractivity contribution is 5.90. The van der Waals surface area contributed by atoms with Crippen molar-refractivity contribution in [1.29, 1.82) is 0 Å². The van der Waals surface area contributed by atoms with Crippen LogP contribution in [0.1, 0.15) is 11.1 Å². The summed E-state index contributed by atoms with van der Waals surface area (Å²) in [6, 6.07) is 12.0. The van der Waals surface area contributed by atoms with E-state index >= 15 is 0 Å². The average Bonchev–Trinajstić information content (AvgIpc) is 2.33. The Kier molecular flexibility index (Phi) is 3.32. The van der Waals surface area contributed by atoms with E-state index in [0.717, 1.165) is 28.2 Å². The van der Waals surface area contributed by atoms with Crippen molar-refractivity contribution >= 4 is 17.1 Å². The zero-order valence-electron chi connectivity index (χ0n) is 9.02. The topological polar surface area (TPSA) is 37.3 Å². The number of aliphatic hydroxyl groups is 1. The molecule has 0 spiro atoms. The van der Waals surface area contributed by atoms with Crippen molar-refractivity contribution in [2.24, 2.45) is 0 Å². The molecule has 0 bridgehead atoms. The normalized spacial score (nSPS) is 10.6. The van der Waals surface area contributed by atoms with Crippen LogP contribution in [0.2, 0.25) is 0 Å². The first-order valence-corrected chi connectivity index (χ1v) is 5.41. The lowest BCUT2D eigenvalue weighted by Crippen LogP contribution is -1.95. The average molecular weight is 214 g/mol. The summed E-state index contributed by atoms with van der Waals surface area (Å²) in [6.45, 7) is 0.150. The van der Waals surface area contributed by atoms with Crippen molar-refractivity contribution in [3.8, 4) is 0 Å². The van der Waals surface area contributed by atoms with Gasteiger partial charge in [-0.1, -0.05) is 36.4 Å². The van der Waals surface area contributed by atoms with Crippen LogP contribution in [0.25, 0.3) is 10.8 Å². The molecule has 82 valence electrons. The van der Waals surface area contributed by atoms with Crippen LogP contribution >= 0.6 is 0 Å². The molecule has 2 rings (SSSR count). The number of fused-ring (bicyclic) bond motifs is 1. The lowest BCUT2D eigenvalue weighted by molar-refractivity contribution is -0.107. The first-order valence-electron chi connectivity index (χ1n) is 5.41. The molecule has 0 aliphatic heterocycles.